The van der Waals surface area contributed by atoms with Crippen molar-refractivity contribution in [2.24, 2.45) is 4.99 Å². The summed E-state index contributed by atoms with van der Waals surface area (Å²) in [5.41, 5.74) is 2.30. The lowest BCUT2D eigenvalue weighted by Gasteiger charge is -2.21. The van der Waals surface area contributed by atoms with Crippen LogP contribution in [-0.4, -0.2) is 49.2 Å². The van der Waals surface area contributed by atoms with E-state index in [1.165, 1.54) is 18.2 Å². The Kier molecular flexibility index (Phi) is 6.63. The minimum Gasteiger partial charge on any atom is -0.497 e. The van der Waals surface area contributed by atoms with Crippen molar-refractivity contribution < 1.29 is 23.9 Å². The first-order valence-electron chi connectivity index (χ1n) is 10.4. The summed E-state index contributed by atoms with van der Waals surface area (Å²) in [7, 11) is 2.84. The monoisotopic (exact) mass is 458 g/mol. The Morgan fingerprint density at radius 1 is 1.03 bits per heavy atom. The van der Waals surface area contributed by atoms with Gasteiger partial charge in [0, 0.05) is 6.20 Å². The number of esters is 1. The first-order chi connectivity index (χ1) is 16.5. The highest BCUT2D eigenvalue weighted by atomic mass is 16.5. The number of fused-ring (bicyclic) bond motifs is 1. The molecule has 0 fully saturated rings. The van der Waals surface area contributed by atoms with E-state index in [-0.39, 0.29) is 35.9 Å². The number of amides is 2. The van der Waals surface area contributed by atoms with E-state index >= 15 is 0 Å². The molecule has 1 N–H and O–H groups in total. The summed E-state index contributed by atoms with van der Waals surface area (Å²) in [6.45, 7) is -0.302. The quantitative estimate of drug-likeness (QED) is 0.567. The Labute approximate surface area is 196 Å². The van der Waals surface area contributed by atoms with Crippen LogP contribution in [0, 0.1) is 0 Å². The fraction of sp³-hybridized carbons (Fsp3) is 0.160. The average Bonchev–Trinajstić information content (AvgIpc) is 3.00. The number of nitrogens with one attached hydrogen (secondary N) is 1. The van der Waals surface area contributed by atoms with Crippen LogP contribution in [-0.2, 0) is 14.3 Å². The smallest absolute Gasteiger partial charge is 0.339 e. The van der Waals surface area contributed by atoms with Crippen molar-refractivity contribution in [1.29, 1.82) is 0 Å². The molecule has 172 valence electrons. The highest BCUT2D eigenvalue weighted by Gasteiger charge is 2.28. The Hall–Kier alpha value is -4.53. The molecule has 34 heavy (non-hydrogen) atoms. The molecule has 0 radical (unpaired) electrons. The first kappa shape index (κ1) is 22.7. The summed E-state index contributed by atoms with van der Waals surface area (Å²) in [5, 5.41) is 2.69. The van der Waals surface area contributed by atoms with E-state index in [0.717, 1.165) is 5.56 Å². The molecule has 1 aromatic heterocycles. The van der Waals surface area contributed by atoms with Gasteiger partial charge in [-0.05, 0) is 54.1 Å². The van der Waals surface area contributed by atoms with Crippen LogP contribution in [0.15, 0.2) is 71.9 Å². The summed E-state index contributed by atoms with van der Waals surface area (Å²) in [6.07, 6.45) is 1.52. The Bertz CT molecular complexity index is 1270. The summed E-state index contributed by atoms with van der Waals surface area (Å²) in [5.74, 6) is -0.423. The normalized spacial score (nSPS) is 12.8. The zero-order valence-electron chi connectivity index (χ0n) is 18.6. The summed E-state index contributed by atoms with van der Waals surface area (Å²) < 4.78 is 9.97. The maximum Gasteiger partial charge on any atom is 0.339 e. The molecule has 9 nitrogen and oxygen atoms in total. The molecule has 1 aliphatic rings. The van der Waals surface area contributed by atoms with Gasteiger partial charge in [0.25, 0.3) is 0 Å². The van der Waals surface area contributed by atoms with Gasteiger partial charge in [0.2, 0.25) is 11.8 Å². The number of pyridine rings is 1. The molecule has 0 saturated heterocycles. The molecule has 0 aliphatic carbocycles. The minimum atomic E-state index is -0.578. The van der Waals surface area contributed by atoms with Gasteiger partial charge in [-0.3, -0.25) is 14.5 Å². The average molecular weight is 458 g/mol. The number of ether oxygens (including phenoxy) is 2. The van der Waals surface area contributed by atoms with Gasteiger partial charge in [-0.15, -0.1) is 0 Å². The van der Waals surface area contributed by atoms with Crippen molar-refractivity contribution in [2.75, 3.05) is 31.0 Å². The van der Waals surface area contributed by atoms with E-state index in [4.69, 9.17) is 9.47 Å². The van der Waals surface area contributed by atoms with Crippen LogP contribution in [0.1, 0.15) is 22.3 Å². The van der Waals surface area contributed by atoms with Crippen molar-refractivity contribution in [3.63, 3.8) is 0 Å². The van der Waals surface area contributed by atoms with Gasteiger partial charge in [-0.1, -0.05) is 12.1 Å². The maximum atomic E-state index is 13.2. The van der Waals surface area contributed by atoms with E-state index in [1.54, 1.807) is 55.6 Å². The number of benzene rings is 2. The largest absolute Gasteiger partial charge is 0.497 e. The molecule has 1 aliphatic heterocycles. The molecule has 0 spiro atoms. The number of aromatic nitrogens is 1. The fourth-order valence-corrected chi connectivity index (χ4v) is 3.55. The Balaban J connectivity index is 1.59. The second-order valence-electron chi connectivity index (χ2n) is 7.38. The number of para-hydroxylation sites is 1. The highest BCUT2D eigenvalue weighted by molar-refractivity contribution is 6.18. The molecule has 9 heteroatoms. The summed E-state index contributed by atoms with van der Waals surface area (Å²) in [6, 6.07) is 17.2. The lowest BCUT2D eigenvalue weighted by atomic mass is 10.1. The lowest BCUT2D eigenvalue weighted by molar-refractivity contribution is -0.120. The molecule has 2 aromatic carbocycles. The van der Waals surface area contributed by atoms with Crippen LogP contribution < -0.4 is 15.0 Å². The van der Waals surface area contributed by atoms with E-state index in [1.807, 2.05) is 12.1 Å². The van der Waals surface area contributed by atoms with Crippen LogP contribution >= 0.6 is 0 Å². The van der Waals surface area contributed by atoms with E-state index in [9.17, 15) is 14.4 Å². The van der Waals surface area contributed by atoms with Crippen molar-refractivity contribution in [1.82, 2.24) is 4.98 Å². The van der Waals surface area contributed by atoms with Crippen molar-refractivity contribution in [3.8, 4) is 5.75 Å². The maximum absolute atomic E-state index is 13.2. The molecule has 2 heterocycles. The van der Waals surface area contributed by atoms with Crippen LogP contribution in [0.25, 0.3) is 0 Å². The van der Waals surface area contributed by atoms with Crippen molar-refractivity contribution >= 4 is 40.7 Å². The molecule has 0 unspecified atom stereocenters. The van der Waals surface area contributed by atoms with Crippen LogP contribution in [0.5, 0.6) is 5.75 Å². The molecule has 2 amide bonds. The summed E-state index contributed by atoms with van der Waals surface area (Å²) in [4.78, 5) is 48.4. The highest BCUT2D eigenvalue weighted by Crippen LogP contribution is 2.31. The van der Waals surface area contributed by atoms with Gasteiger partial charge in [0.05, 0.1) is 37.6 Å². The number of hydrogen-bond donors (Lipinski definition) is 1. The Morgan fingerprint density at radius 3 is 2.53 bits per heavy atom. The lowest BCUT2D eigenvalue weighted by Crippen LogP contribution is -2.39. The van der Waals surface area contributed by atoms with Gasteiger partial charge in [-0.2, -0.15) is 0 Å². The SMILES string of the molecule is COC(=O)c1ccccc1NC(=O)CN1C(=O)CC(c2ccc(OC)cc2)=Nc2cccnc21. The minimum absolute atomic E-state index is 0.0191. The number of rotatable bonds is 6. The topological polar surface area (TPSA) is 110 Å². The van der Waals surface area contributed by atoms with E-state index in [2.05, 4.69) is 15.3 Å². The number of carbonyl (C=O) groups excluding carboxylic acids is 3. The summed E-state index contributed by atoms with van der Waals surface area (Å²) >= 11 is 0. The van der Waals surface area contributed by atoms with Gasteiger partial charge in [0.15, 0.2) is 5.82 Å². The fourth-order valence-electron chi connectivity index (χ4n) is 3.55. The van der Waals surface area contributed by atoms with Crippen molar-refractivity contribution in [2.45, 2.75) is 6.42 Å². The van der Waals surface area contributed by atoms with Crippen LogP contribution in [0.4, 0.5) is 17.2 Å². The molecule has 0 atom stereocenters. The van der Waals surface area contributed by atoms with E-state index in [0.29, 0.717) is 17.1 Å². The van der Waals surface area contributed by atoms with Crippen molar-refractivity contribution in [3.05, 3.63) is 78.0 Å². The number of carbonyl (C=O) groups is 3. The second kappa shape index (κ2) is 9.95. The number of methoxy groups -OCH3 is 2. The van der Waals surface area contributed by atoms with E-state index < -0.39 is 11.9 Å². The number of hydrogen-bond acceptors (Lipinski definition) is 7. The zero-order valence-corrected chi connectivity index (χ0v) is 18.6. The third-order valence-electron chi connectivity index (χ3n) is 5.23. The van der Waals surface area contributed by atoms with Gasteiger partial charge in [-0.25, -0.2) is 14.8 Å². The first-order valence-corrected chi connectivity index (χ1v) is 10.4. The Morgan fingerprint density at radius 2 is 1.79 bits per heavy atom. The molecular weight excluding hydrogens is 436 g/mol. The standard InChI is InChI=1S/C25H22N4O5/c1-33-17-11-9-16(10-12-17)21-14-23(31)29(24-20(27-21)8-5-13-26-24)15-22(30)28-19-7-4-3-6-18(19)25(32)34-2/h3-13H,14-15H2,1-2H3,(H,28,30). The number of aliphatic imine (C=N–C) groups is 1. The second-order valence-corrected chi connectivity index (χ2v) is 7.38. The predicted molar refractivity (Wildman–Crippen MR) is 127 cm³/mol. The van der Waals surface area contributed by atoms with Gasteiger partial charge >= 0.3 is 5.97 Å². The zero-order chi connectivity index (χ0) is 24.1. The predicted octanol–water partition coefficient (Wildman–Crippen LogP) is 3.37. The molecule has 0 bridgehead atoms. The molecular formula is C25H22N4O5. The third-order valence-corrected chi connectivity index (χ3v) is 5.23. The number of nitrogens with zero attached hydrogens (tertiary/aromatic N) is 3. The molecule has 0 saturated carbocycles. The molecule has 4 rings (SSSR count). The number of anilines is 2. The molecule has 3 aromatic rings. The van der Waals surface area contributed by atoms with Crippen LogP contribution in [0.3, 0.4) is 0 Å². The van der Waals surface area contributed by atoms with Gasteiger partial charge < -0.3 is 14.8 Å². The van der Waals surface area contributed by atoms with Crippen LogP contribution in [0.2, 0.25) is 0 Å². The van der Waals surface area contributed by atoms with Gasteiger partial charge in [0.1, 0.15) is 18.0 Å². The third kappa shape index (κ3) is 4.78.